The lowest BCUT2D eigenvalue weighted by Crippen LogP contribution is -2.41. The largest absolute Gasteiger partial charge is 0.390 e. The van der Waals surface area contributed by atoms with Gasteiger partial charge in [-0.2, -0.15) is 0 Å². The van der Waals surface area contributed by atoms with Gasteiger partial charge >= 0.3 is 0 Å². The Hall–Kier alpha value is -0.120. The summed E-state index contributed by atoms with van der Waals surface area (Å²) < 4.78 is 5.28. The highest BCUT2D eigenvalue weighted by Gasteiger charge is 2.33. The molecule has 0 aromatic rings. The molecule has 0 spiro atoms. The fourth-order valence-electron chi connectivity index (χ4n) is 3.09. The number of hydrogen-bond acceptors (Lipinski definition) is 3. The Morgan fingerprint density at radius 2 is 1.25 bits per heavy atom. The van der Waals surface area contributed by atoms with Crippen LogP contribution >= 0.6 is 0 Å². The number of aliphatic hydroxyl groups is 2. The number of aliphatic hydroxyl groups excluding tert-OH is 2. The lowest BCUT2D eigenvalue weighted by atomic mass is 9.79. The molecule has 0 amide bonds. The highest BCUT2D eigenvalue weighted by molar-refractivity contribution is 4.83. The average Bonchev–Trinajstić information content (AvgIpc) is 2.39. The van der Waals surface area contributed by atoms with Gasteiger partial charge in [0.15, 0.2) is 0 Å². The number of ether oxygens (including phenoxy) is 1. The summed E-state index contributed by atoms with van der Waals surface area (Å²) >= 11 is 0. The van der Waals surface area contributed by atoms with E-state index in [1.54, 1.807) is 0 Å². The van der Waals surface area contributed by atoms with Crippen LogP contribution < -0.4 is 0 Å². The van der Waals surface area contributed by atoms with Gasteiger partial charge in [-0.25, -0.2) is 0 Å². The van der Waals surface area contributed by atoms with E-state index in [0.29, 0.717) is 5.92 Å². The number of rotatable bonds is 3. The summed E-state index contributed by atoms with van der Waals surface area (Å²) in [5.74, 6) is 0.567. The Labute approximate surface area is 97.8 Å². The Bertz CT molecular complexity index is 173. The molecule has 1 saturated carbocycles. The third-order valence-electron chi connectivity index (χ3n) is 4.23. The molecule has 3 heteroatoms. The summed E-state index contributed by atoms with van der Waals surface area (Å²) in [6.07, 6.45) is 6.62. The first-order valence-electron chi connectivity index (χ1n) is 6.73. The maximum atomic E-state index is 10.2. The van der Waals surface area contributed by atoms with Crippen molar-refractivity contribution in [3.05, 3.63) is 0 Å². The van der Waals surface area contributed by atoms with Crippen LogP contribution in [0.3, 0.4) is 0 Å². The van der Waals surface area contributed by atoms with E-state index in [1.807, 2.05) is 0 Å². The van der Waals surface area contributed by atoms with Crippen molar-refractivity contribution < 1.29 is 14.9 Å². The fraction of sp³-hybridized carbons (Fsp3) is 1.00. The van der Waals surface area contributed by atoms with Gasteiger partial charge in [0, 0.05) is 13.2 Å². The molecule has 0 aromatic heterocycles. The Balaban J connectivity index is 1.84. The first-order valence-corrected chi connectivity index (χ1v) is 6.73. The third kappa shape index (κ3) is 2.96. The van der Waals surface area contributed by atoms with Crippen molar-refractivity contribution in [3.63, 3.8) is 0 Å². The van der Waals surface area contributed by atoms with Crippen LogP contribution in [0.15, 0.2) is 0 Å². The van der Waals surface area contributed by atoms with Crippen LogP contribution in [0.4, 0.5) is 0 Å². The summed E-state index contributed by atoms with van der Waals surface area (Å²) in [6.45, 7) is 1.47. The van der Waals surface area contributed by atoms with E-state index in [4.69, 9.17) is 4.74 Å². The third-order valence-corrected chi connectivity index (χ3v) is 4.23. The Morgan fingerprint density at radius 3 is 1.81 bits per heavy atom. The predicted molar refractivity (Wildman–Crippen MR) is 62.1 cm³/mol. The normalized spacial score (nSPS) is 28.9. The van der Waals surface area contributed by atoms with Gasteiger partial charge in [0.05, 0.1) is 12.2 Å². The molecule has 2 rings (SSSR count). The number of hydrogen-bond donors (Lipinski definition) is 2. The second-order valence-corrected chi connectivity index (χ2v) is 5.33. The Kier molecular flexibility index (Phi) is 4.62. The van der Waals surface area contributed by atoms with Crippen molar-refractivity contribution in [2.75, 3.05) is 13.2 Å². The van der Waals surface area contributed by atoms with Crippen molar-refractivity contribution in [1.82, 2.24) is 0 Å². The molecule has 1 aliphatic heterocycles. The molecule has 0 aromatic carbocycles. The summed E-state index contributed by atoms with van der Waals surface area (Å²) in [6, 6.07) is 0. The van der Waals surface area contributed by atoms with Crippen LogP contribution in [0.2, 0.25) is 0 Å². The maximum absolute atomic E-state index is 10.2. The lowest BCUT2D eigenvalue weighted by Gasteiger charge is -2.35. The minimum Gasteiger partial charge on any atom is -0.390 e. The van der Waals surface area contributed by atoms with Gasteiger partial charge in [0.25, 0.3) is 0 Å². The molecule has 1 saturated heterocycles. The molecule has 1 aliphatic carbocycles. The van der Waals surface area contributed by atoms with Crippen LogP contribution in [0.5, 0.6) is 0 Å². The molecule has 16 heavy (non-hydrogen) atoms. The molecule has 3 nitrogen and oxygen atoms in total. The highest BCUT2D eigenvalue weighted by atomic mass is 16.5. The zero-order valence-electron chi connectivity index (χ0n) is 9.98. The van der Waals surface area contributed by atoms with Gasteiger partial charge in [-0.05, 0) is 37.5 Å². The molecule has 2 unspecified atom stereocenters. The predicted octanol–water partition coefficient (Wildman–Crippen LogP) is 1.72. The monoisotopic (exact) mass is 228 g/mol. The second kappa shape index (κ2) is 5.99. The molecule has 2 N–H and O–H groups in total. The first kappa shape index (κ1) is 12.3. The lowest BCUT2D eigenvalue weighted by molar-refractivity contribution is -0.0792. The van der Waals surface area contributed by atoms with E-state index in [1.165, 1.54) is 19.3 Å². The Morgan fingerprint density at radius 1 is 0.750 bits per heavy atom. The molecule has 2 fully saturated rings. The van der Waals surface area contributed by atoms with Crippen LogP contribution in [0.1, 0.15) is 44.9 Å². The smallest absolute Gasteiger partial charge is 0.0831 e. The van der Waals surface area contributed by atoms with Crippen LogP contribution in [-0.4, -0.2) is 35.6 Å². The summed E-state index contributed by atoms with van der Waals surface area (Å²) in [5, 5.41) is 20.4. The van der Waals surface area contributed by atoms with Crippen molar-refractivity contribution in [3.8, 4) is 0 Å². The van der Waals surface area contributed by atoms with E-state index >= 15 is 0 Å². The molecule has 0 radical (unpaired) electrons. The van der Waals surface area contributed by atoms with Crippen molar-refractivity contribution in [2.24, 2.45) is 11.8 Å². The van der Waals surface area contributed by atoms with Gasteiger partial charge in [0.2, 0.25) is 0 Å². The average molecular weight is 228 g/mol. The van der Waals surface area contributed by atoms with E-state index in [0.717, 1.165) is 38.9 Å². The van der Waals surface area contributed by atoms with Gasteiger partial charge < -0.3 is 14.9 Å². The first-order chi connectivity index (χ1) is 7.79. The molecule has 2 atom stereocenters. The SMILES string of the molecule is OC(C1CCCCC1)C(O)C1CCOCC1. The molecular weight excluding hydrogens is 204 g/mol. The minimum atomic E-state index is -0.535. The fourth-order valence-corrected chi connectivity index (χ4v) is 3.09. The summed E-state index contributed by atoms with van der Waals surface area (Å²) in [4.78, 5) is 0. The zero-order valence-corrected chi connectivity index (χ0v) is 9.98. The maximum Gasteiger partial charge on any atom is 0.0831 e. The standard InChI is InChI=1S/C13H24O3/c14-12(10-4-2-1-3-5-10)13(15)11-6-8-16-9-7-11/h10-15H,1-9H2. The molecule has 1 heterocycles. The van der Waals surface area contributed by atoms with Gasteiger partial charge in [-0.3, -0.25) is 0 Å². The molecule has 94 valence electrons. The van der Waals surface area contributed by atoms with Gasteiger partial charge in [-0.1, -0.05) is 19.3 Å². The van der Waals surface area contributed by atoms with Crippen molar-refractivity contribution >= 4 is 0 Å². The van der Waals surface area contributed by atoms with Crippen LogP contribution in [0, 0.1) is 11.8 Å². The van der Waals surface area contributed by atoms with Crippen molar-refractivity contribution in [1.29, 1.82) is 0 Å². The van der Waals surface area contributed by atoms with Crippen LogP contribution in [-0.2, 0) is 4.74 Å². The quantitative estimate of drug-likeness (QED) is 0.773. The van der Waals surface area contributed by atoms with E-state index in [2.05, 4.69) is 0 Å². The molecular formula is C13H24O3. The molecule has 2 aliphatic rings. The van der Waals surface area contributed by atoms with Crippen LogP contribution in [0.25, 0.3) is 0 Å². The topological polar surface area (TPSA) is 49.7 Å². The van der Waals surface area contributed by atoms with Crippen molar-refractivity contribution in [2.45, 2.75) is 57.2 Å². The van der Waals surface area contributed by atoms with E-state index in [-0.39, 0.29) is 5.92 Å². The summed E-state index contributed by atoms with van der Waals surface area (Å²) in [5.41, 5.74) is 0. The zero-order chi connectivity index (χ0) is 11.4. The minimum absolute atomic E-state index is 0.241. The van der Waals surface area contributed by atoms with E-state index < -0.39 is 12.2 Å². The second-order valence-electron chi connectivity index (χ2n) is 5.33. The van der Waals surface area contributed by atoms with Gasteiger partial charge in [0.1, 0.15) is 0 Å². The van der Waals surface area contributed by atoms with E-state index in [9.17, 15) is 10.2 Å². The van der Waals surface area contributed by atoms with Gasteiger partial charge in [-0.15, -0.1) is 0 Å². The highest BCUT2D eigenvalue weighted by Crippen LogP contribution is 2.31. The molecule has 0 bridgehead atoms. The summed E-state index contributed by atoms with van der Waals surface area (Å²) in [7, 11) is 0.